The minimum absolute atomic E-state index is 0.192. The molecule has 0 bridgehead atoms. The van der Waals surface area contributed by atoms with Gasteiger partial charge in [0.1, 0.15) is 11.6 Å². The smallest absolute Gasteiger partial charge is 0.131 e. The standard InChI is InChI=1S/C17H26FNO/c1-13-4-3-5-14(10-13)8-9-19-12-15-6-7-16(20-2)11-17(15)18/h6-7,11,13-14,19H,3-5,8-10,12H2,1-2H3. The van der Waals surface area contributed by atoms with E-state index in [1.165, 1.54) is 38.2 Å². The molecule has 0 heterocycles. The van der Waals surface area contributed by atoms with Gasteiger partial charge >= 0.3 is 0 Å². The summed E-state index contributed by atoms with van der Waals surface area (Å²) in [6, 6.07) is 5.05. The predicted octanol–water partition coefficient (Wildman–Crippen LogP) is 4.14. The molecule has 1 aromatic carbocycles. The van der Waals surface area contributed by atoms with E-state index in [-0.39, 0.29) is 5.82 Å². The Morgan fingerprint density at radius 1 is 1.35 bits per heavy atom. The number of hydrogen-bond acceptors (Lipinski definition) is 2. The van der Waals surface area contributed by atoms with Crippen LogP contribution in [0.5, 0.6) is 5.75 Å². The van der Waals surface area contributed by atoms with Gasteiger partial charge in [0, 0.05) is 18.2 Å². The molecule has 2 nitrogen and oxygen atoms in total. The van der Waals surface area contributed by atoms with Crippen molar-refractivity contribution in [1.82, 2.24) is 5.32 Å². The van der Waals surface area contributed by atoms with E-state index in [2.05, 4.69) is 12.2 Å². The number of nitrogens with one attached hydrogen (secondary N) is 1. The van der Waals surface area contributed by atoms with E-state index in [4.69, 9.17) is 4.74 Å². The number of benzene rings is 1. The Morgan fingerprint density at radius 3 is 2.90 bits per heavy atom. The molecule has 1 N–H and O–H groups in total. The molecule has 1 aliphatic rings. The van der Waals surface area contributed by atoms with Crippen LogP contribution in [-0.4, -0.2) is 13.7 Å². The average molecular weight is 279 g/mol. The molecular formula is C17H26FNO. The van der Waals surface area contributed by atoms with Gasteiger partial charge in [0.2, 0.25) is 0 Å². The average Bonchev–Trinajstić information content (AvgIpc) is 2.45. The molecule has 2 rings (SSSR count). The summed E-state index contributed by atoms with van der Waals surface area (Å²) in [5, 5.41) is 3.36. The fourth-order valence-electron chi connectivity index (χ4n) is 3.15. The molecule has 0 spiro atoms. The fourth-order valence-corrected chi connectivity index (χ4v) is 3.15. The Kier molecular flexibility index (Phi) is 5.84. The number of methoxy groups -OCH3 is 1. The number of ether oxygens (including phenoxy) is 1. The van der Waals surface area contributed by atoms with Crippen molar-refractivity contribution in [3.05, 3.63) is 29.6 Å². The Balaban J connectivity index is 1.70. The Bertz CT molecular complexity index is 421. The van der Waals surface area contributed by atoms with E-state index in [1.54, 1.807) is 13.2 Å². The van der Waals surface area contributed by atoms with Crippen LogP contribution in [0.15, 0.2) is 18.2 Å². The molecule has 0 radical (unpaired) electrons. The van der Waals surface area contributed by atoms with Crippen molar-refractivity contribution >= 4 is 0 Å². The number of halogens is 1. The van der Waals surface area contributed by atoms with Crippen LogP contribution in [0.3, 0.4) is 0 Å². The summed E-state index contributed by atoms with van der Waals surface area (Å²) >= 11 is 0. The lowest BCUT2D eigenvalue weighted by Gasteiger charge is -2.26. The Morgan fingerprint density at radius 2 is 2.20 bits per heavy atom. The SMILES string of the molecule is COc1ccc(CNCCC2CCCC(C)C2)c(F)c1. The highest BCUT2D eigenvalue weighted by Gasteiger charge is 2.18. The molecular weight excluding hydrogens is 253 g/mol. The summed E-state index contributed by atoms with van der Waals surface area (Å²) in [6.07, 6.45) is 6.70. The van der Waals surface area contributed by atoms with E-state index in [0.717, 1.165) is 18.4 Å². The van der Waals surface area contributed by atoms with Gasteiger partial charge in [-0.15, -0.1) is 0 Å². The van der Waals surface area contributed by atoms with E-state index < -0.39 is 0 Å². The highest BCUT2D eigenvalue weighted by molar-refractivity contribution is 5.28. The zero-order chi connectivity index (χ0) is 14.4. The van der Waals surface area contributed by atoms with Gasteiger partial charge in [0.25, 0.3) is 0 Å². The van der Waals surface area contributed by atoms with Gasteiger partial charge in [0.05, 0.1) is 7.11 Å². The van der Waals surface area contributed by atoms with Crippen molar-refractivity contribution < 1.29 is 9.13 Å². The Labute approximate surface area is 121 Å². The summed E-state index contributed by atoms with van der Waals surface area (Å²) < 4.78 is 18.8. The zero-order valence-electron chi connectivity index (χ0n) is 12.6. The summed E-state index contributed by atoms with van der Waals surface area (Å²) in [7, 11) is 1.55. The molecule has 1 saturated carbocycles. The first-order chi connectivity index (χ1) is 9.69. The van der Waals surface area contributed by atoms with Crippen molar-refractivity contribution in [3.8, 4) is 5.75 Å². The zero-order valence-corrected chi connectivity index (χ0v) is 12.6. The number of rotatable bonds is 6. The van der Waals surface area contributed by atoms with Gasteiger partial charge in [-0.1, -0.05) is 32.3 Å². The van der Waals surface area contributed by atoms with Crippen LogP contribution < -0.4 is 10.1 Å². The third kappa shape index (κ3) is 4.48. The molecule has 112 valence electrons. The van der Waals surface area contributed by atoms with Crippen LogP contribution in [0.1, 0.15) is 44.6 Å². The van der Waals surface area contributed by atoms with Gasteiger partial charge in [-0.3, -0.25) is 0 Å². The minimum Gasteiger partial charge on any atom is -0.497 e. The van der Waals surface area contributed by atoms with E-state index in [0.29, 0.717) is 17.9 Å². The van der Waals surface area contributed by atoms with Crippen molar-refractivity contribution in [2.75, 3.05) is 13.7 Å². The lowest BCUT2D eigenvalue weighted by molar-refractivity contribution is 0.267. The first-order valence-electron chi connectivity index (χ1n) is 7.72. The summed E-state index contributed by atoms with van der Waals surface area (Å²) in [4.78, 5) is 0. The molecule has 1 aromatic rings. The van der Waals surface area contributed by atoms with Gasteiger partial charge < -0.3 is 10.1 Å². The molecule has 0 aliphatic heterocycles. The van der Waals surface area contributed by atoms with Crippen LogP contribution in [0, 0.1) is 17.7 Å². The molecule has 2 atom stereocenters. The van der Waals surface area contributed by atoms with Crippen LogP contribution >= 0.6 is 0 Å². The quantitative estimate of drug-likeness (QED) is 0.790. The van der Waals surface area contributed by atoms with E-state index in [1.807, 2.05) is 6.07 Å². The largest absolute Gasteiger partial charge is 0.497 e. The van der Waals surface area contributed by atoms with Gasteiger partial charge in [-0.05, 0) is 37.3 Å². The van der Waals surface area contributed by atoms with Gasteiger partial charge in [-0.25, -0.2) is 4.39 Å². The fraction of sp³-hybridized carbons (Fsp3) is 0.647. The summed E-state index contributed by atoms with van der Waals surface area (Å²) in [5.41, 5.74) is 0.711. The maximum atomic E-state index is 13.8. The van der Waals surface area contributed by atoms with Crippen LogP contribution in [0.4, 0.5) is 4.39 Å². The minimum atomic E-state index is -0.192. The third-order valence-electron chi connectivity index (χ3n) is 4.35. The summed E-state index contributed by atoms with van der Waals surface area (Å²) in [6.45, 7) is 3.92. The lowest BCUT2D eigenvalue weighted by atomic mass is 9.81. The van der Waals surface area contributed by atoms with E-state index in [9.17, 15) is 4.39 Å². The van der Waals surface area contributed by atoms with Crippen LogP contribution in [-0.2, 0) is 6.54 Å². The predicted molar refractivity (Wildman–Crippen MR) is 80.4 cm³/mol. The second-order valence-corrected chi connectivity index (χ2v) is 6.06. The number of hydrogen-bond donors (Lipinski definition) is 1. The second kappa shape index (κ2) is 7.63. The molecule has 1 aliphatic carbocycles. The Hall–Kier alpha value is -1.09. The third-order valence-corrected chi connectivity index (χ3v) is 4.35. The molecule has 3 heteroatoms. The van der Waals surface area contributed by atoms with Gasteiger partial charge in [0.15, 0.2) is 0 Å². The van der Waals surface area contributed by atoms with Crippen molar-refractivity contribution in [3.63, 3.8) is 0 Å². The molecule has 1 fully saturated rings. The normalized spacial score (nSPS) is 22.8. The van der Waals surface area contributed by atoms with Crippen molar-refractivity contribution in [2.45, 2.75) is 45.6 Å². The van der Waals surface area contributed by atoms with Crippen LogP contribution in [0.2, 0.25) is 0 Å². The highest BCUT2D eigenvalue weighted by atomic mass is 19.1. The van der Waals surface area contributed by atoms with Crippen molar-refractivity contribution in [1.29, 1.82) is 0 Å². The monoisotopic (exact) mass is 279 g/mol. The first kappa shape index (κ1) is 15.3. The summed E-state index contributed by atoms with van der Waals surface area (Å²) in [5.74, 6) is 2.12. The molecule has 0 saturated heterocycles. The van der Waals surface area contributed by atoms with Gasteiger partial charge in [-0.2, -0.15) is 0 Å². The molecule has 0 amide bonds. The van der Waals surface area contributed by atoms with E-state index >= 15 is 0 Å². The lowest BCUT2D eigenvalue weighted by Crippen LogP contribution is -2.21. The molecule has 20 heavy (non-hydrogen) atoms. The maximum Gasteiger partial charge on any atom is 0.131 e. The topological polar surface area (TPSA) is 21.3 Å². The highest BCUT2D eigenvalue weighted by Crippen LogP contribution is 2.30. The van der Waals surface area contributed by atoms with Crippen molar-refractivity contribution in [2.24, 2.45) is 11.8 Å². The first-order valence-corrected chi connectivity index (χ1v) is 7.72. The second-order valence-electron chi connectivity index (χ2n) is 6.06. The molecule has 2 unspecified atom stereocenters. The molecule has 0 aromatic heterocycles. The maximum absolute atomic E-state index is 13.8. The van der Waals surface area contributed by atoms with Crippen LogP contribution in [0.25, 0.3) is 0 Å².